The summed E-state index contributed by atoms with van der Waals surface area (Å²) >= 11 is 13.0. The molecule has 0 bridgehead atoms. The molecule has 126 valence electrons. The van der Waals surface area contributed by atoms with Crippen molar-refractivity contribution in [2.24, 2.45) is 10.2 Å². The van der Waals surface area contributed by atoms with Crippen molar-refractivity contribution in [2.75, 3.05) is 0 Å². The Kier molecular flexibility index (Phi) is 5.43. The second-order valence-corrected chi connectivity index (χ2v) is 6.82. The van der Waals surface area contributed by atoms with E-state index in [2.05, 4.69) is 10.2 Å². The van der Waals surface area contributed by atoms with Crippen molar-refractivity contribution in [3.8, 4) is 11.3 Å². The third kappa shape index (κ3) is 4.04. The number of hydrogen-bond acceptors (Lipinski definition) is 5. The molecular formula is C17H12Cl2N4OS. The maximum atomic E-state index is 11.4. The molecule has 0 aliphatic carbocycles. The van der Waals surface area contributed by atoms with E-state index >= 15 is 0 Å². The fourth-order valence-electron chi connectivity index (χ4n) is 2.27. The number of azo groups is 1. The summed E-state index contributed by atoms with van der Waals surface area (Å²) in [5.41, 5.74) is 1.90. The van der Waals surface area contributed by atoms with Crippen LogP contribution in [-0.2, 0) is 11.3 Å². The van der Waals surface area contributed by atoms with Gasteiger partial charge in [-0.3, -0.25) is 10.2 Å². The van der Waals surface area contributed by atoms with Gasteiger partial charge in [-0.25, -0.2) is 0 Å². The second kappa shape index (κ2) is 7.74. The largest absolute Gasteiger partial charge is 0.306 e. The summed E-state index contributed by atoms with van der Waals surface area (Å²) in [5, 5.41) is 17.0. The molecule has 0 aliphatic heterocycles. The third-order valence-corrected chi connectivity index (χ3v) is 4.67. The van der Waals surface area contributed by atoms with Crippen LogP contribution < -0.4 is 4.80 Å². The predicted molar refractivity (Wildman–Crippen MR) is 100 cm³/mol. The van der Waals surface area contributed by atoms with Crippen molar-refractivity contribution >= 4 is 50.5 Å². The molecule has 2 aromatic carbocycles. The highest BCUT2D eigenvalue weighted by Gasteiger charge is 2.18. The highest BCUT2D eigenvalue weighted by Crippen LogP contribution is 2.37. The molecule has 0 saturated carbocycles. The van der Waals surface area contributed by atoms with Gasteiger partial charge in [0.15, 0.2) is 9.80 Å². The van der Waals surface area contributed by atoms with Crippen molar-refractivity contribution in [2.45, 2.75) is 6.54 Å². The first-order valence-electron chi connectivity index (χ1n) is 7.24. The van der Waals surface area contributed by atoms with Crippen molar-refractivity contribution in [1.29, 1.82) is 5.41 Å². The van der Waals surface area contributed by atoms with Crippen LogP contribution in [0.15, 0.2) is 64.8 Å². The average Bonchev–Trinajstić information content (AvgIpc) is 2.90. The maximum Gasteiger partial charge on any atom is 0.241 e. The van der Waals surface area contributed by atoms with Crippen LogP contribution in [0, 0.1) is 5.41 Å². The lowest BCUT2D eigenvalue weighted by Crippen LogP contribution is -2.17. The van der Waals surface area contributed by atoms with Gasteiger partial charge in [-0.15, -0.1) is 10.2 Å². The van der Waals surface area contributed by atoms with Crippen molar-refractivity contribution in [3.63, 3.8) is 0 Å². The topological polar surface area (TPSA) is 70.6 Å². The number of aromatic nitrogens is 1. The van der Waals surface area contributed by atoms with Gasteiger partial charge in [-0.05, 0) is 29.8 Å². The minimum atomic E-state index is -0.573. The molecule has 1 aromatic heterocycles. The number of carbonyl (C=O) groups is 1. The Morgan fingerprint density at radius 1 is 1.08 bits per heavy atom. The van der Waals surface area contributed by atoms with E-state index in [1.165, 1.54) is 4.57 Å². The van der Waals surface area contributed by atoms with E-state index in [0.717, 1.165) is 11.3 Å². The van der Waals surface area contributed by atoms with Gasteiger partial charge in [0.25, 0.3) is 0 Å². The van der Waals surface area contributed by atoms with Crippen LogP contribution in [0.3, 0.4) is 0 Å². The summed E-state index contributed by atoms with van der Waals surface area (Å²) in [4.78, 5) is 11.5. The summed E-state index contributed by atoms with van der Waals surface area (Å²) in [6, 6.07) is 16.4. The molecule has 3 aromatic rings. The Morgan fingerprint density at radius 3 is 2.44 bits per heavy atom. The Morgan fingerprint density at radius 2 is 1.76 bits per heavy atom. The molecule has 0 aliphatic rings. The molecular weight excluding hydrogens is 379 g/mol. The van der Waals surface area contributed by atoms with Crippen LogP contribution in [-0.4, -0.2) is 9.81 Å². The second-order valence-electron chi connectivity index (χ2n) is 5.02. The Hall–Kier alpha value is -2.28. The predicted octanol–water partition coefficient (Wildman–Crippen LogP) is 5.53. The first kappa shape index (κ1) is 17.5. The van der Waals surface area contributed by atoms with Gasteiger partial charge < -0.3 is 4.57 Å². The zero-order valence-corrected chi connectivity index (χ0v) is 15.1. The zero-order chi connectivity index (χ0) is 17.8. The minimum absolute atomic E-state index is 0.141. The minimum Gasteiger partial charge on any atom is -0.306 e. The van der Waals surface area contributed by atoms with E-state index in [1.54, 1.807) is 12.1 Å². The van der Waals surface area contributed by atoms with Crippen molar-refractivity contribution in [1.82, 2.24) is 4.57 Å². The lowest BCUT2D eigenvalue weighted by molar-refractivity contribution is -0.112. The first-order valence-corrected chi connectivity index (χ1v) is 8.82. The number of carbonyl (C=O) groups excluding carboxylic acids is 1. The summed E-state index contributed by atoms with van der Waals surface area (Å²) in [5.74, 6) is 0. The smallest absolute Gasteiger partial charge is 0.241 e. The SMILES string of the molecule is N=c1sc(N=Nc2ccccc2)c(-c2ccccc2Cl)n1CC(=O)Cl. The van der Waals surface area contributed by atoms with Crippen LogP contribution in [0.25, 0.3) is 11.3 Å². The molecule has 3 rings (SSSR count). The highest BCUT2D eigenvalue weighted by molar-refractivity contribution is 7.13. The fourth-order valence-corrected chi connectivity index (χ4v) is 3.46. The molecule has 0 fully saturated rings. The molecule has 8 heteroatoms. The van der Waals surface area contributed by atoms with E-state index in [9.17, 15) is 4.79 Å². The van der Waals surface area contributed by atoms with Gasteiger partial charge in [-0.2, -0.15) is 0 Å². The average molecular weight is 391 g/mol. The monoisotopic (exact) mass is 390 g/mol. The Balaban J connectivity index is 2.15. The highest BCUT2D eigenvalue weighted by atomic mass is 35.5. The number of benzene rings is 2. The molecule has 0 atom stereocenters. The molecule has 0 spiro atoms. The van der Waals surface area contributed by atoms with E-state index in [0.29, 0.717) is 27.0 Å². The van der Waals surface area contributed by atoms with E-state index < -0.39 is 5.24 Å². The fraction of sp³-hybridized carbons (Fsp3) is 0.0588. The van der Waals surface area contributed by atoms with Crippen LogP contribution >= 0.6 is 34.5 Å². The van der Waals surface area contributed by atoms with Crippen molar-refractivity contribution in [3.05, 3.63) is 64.4 Å². The Labute approximate surface area is 157 Å². The third-order valence-electron chi connectivity index (χ3n) is 3.33. The van der Waals surface area contributed by atoms with E-state index in [4.69, 9.17) is 28.6 Å². The van der Waals surface area contributed by atoms with Gasteiger partial charge >= 0.3 is 0 Å². The van der Waals surface area contributed by atoms with Crippen LogP contribution in [0.4, 0.5) is 10.7 Å². The first-order chi connectivity index (χ1) is 12.1. The molecule has 5 nitrogen and oxygen atoms in total. The number of thiazole rings is 1. The van der Waals surface area contributed by atoms with Gasteiger partial charge in [0.2, 0.25) is 5.24 Å². The van der Waals surface area contributed by atoms with Crippen LogP contribution in [0.5, 0.6) is 0 Å². The van der Waals surface area contributed by atoms with E-state index in [1.807, 2.05) is 42.5 Å². The summed E-state index contributed by atoms with van der Waals surface area (Å²) in [7, 11) is 0. The maximum absolute atomic E-state index is 11.4. The summed E-state index contributed by atoms with van der Waals surface area (Å²) in [6.07, 6.45) is 0. The quantitative estimate of drug-likeness (QED) is 0.451. The number of hydrogen-bond donors (Lipinski definition) is 1. The summed E-state index contributed by atoms with van der Waals surface area (Å²) in [6.45, 7) is -0.141. The van der Waals surface area contributed by atoms with Gasteiger partial charge in [0.1, 0.15) is 0 Å². The molecule has 25 heavy (non-hydrogen) atoms. The van der Waals surface area contributed by atoms with E-state index in [-0.39, 0.29) is 11.3 Å². The van der Waals surface area contributed by atoms with Gasteiger partial charge in [0, 0.05) is 10.6 Å². The lowest BCUT2D eigenvalue weighted by Gasteiger charge is -2.08. The molecule has 0 amide bonds. The normalized spacial score (nSPS) is 11.1. The number of nitrogens with zero attached hydrogens (tertiary/aromatic N) is 3. The molecule has 1 N–H and O–H groups in total. The standard InChI is InChI=1S/C17H12Cl2N4OS/c18-13-9-5-4-8-12(13)15-16(22-21-11-6-2-1-3-7-11)25-17(20)23(15)10-14(19)24/h1-9,20H,10H2. The number of nitrogens with one attached hydrogen (secondary N) is 1. The molecule has 1 heterocycles. The van der Waals surface area contributed by atoms with Crippen LogP contribution in [0.1, 0.15) is 0 Å². The molecule has 0 saturated heterocycles. The lowest BCUT2D eigenvalue weighted by atomic mass is 10.1. The number of rotatable bonds is 5. The zero-order valence-electron chi connectivity index (χ0n) is 12.8. The Bertz CT molecular complexity index is 995. The molecule has 0 radical (unpaired) electrons. The van der Waals surface area contributed by atoms with Crippen molar-refractivity contribution < 1.29 is 4.79 Å². The number of halogens is 2. The molecule has 0 unspecified atom stereocenters. The van der Waals surface area contributed by atoms with Gasteiger partial charge in [-0.1, -0.05) is 59.3 Å². The van der Waals surface area contributed by atoms with Crippen LogP contribution in [0.2, 0.25) is 5.02 Å². The summed E-state index contributed by atoms with van der Waals surface area (Å²) < 4.78 is 1.49. The van der Waals surface area contributed by atoms with Gasteiger partial charge in [0.05, 0.1) is 17.9 Å².